The highest BCUT2D eigenvalue weighted by Gasteiger charge is 2.27. The molecule has 0 saturated heterocycles. The maximum absolute atomic E-state index is 9.08. The van der Waals surface area contributed by atoms with Crippen LogP contribution in [-0.2, 0) is 0 Å². The van der Waals surface area contributed by atoms with E-state index in [0.717, 1.165) is 37.2 Å². The van der Waals surface area contributed by atoms with E-state index in [1.807, 2.05) is 0 Å². The lowest BCUT2D eigenvalue weighted by Crippen LogP contribution is -2.37. The topological polar surface area (TPSA) is 23.5 Å². The molecule has 1 aliphatic carbocycles. The van der Waals surface area contributed by atoms with Crippen LogP contribution in [0, 0.1) is 5.92 Å². The molecule has 0 radical (unpaired) electrons. The van der Waals surface area contributed by atoms with E-state index >= 15 is 0 Å². The lowest BCUT2D eigenvalue weighted by Gasteiger charge is -2.34. The summed E-state index contributed by atoms with van der Waals surface area (Å²) in [5.41, 5.74) is 0. The Hall–Kier alpha value is 0.400. The predicted octanol–water partition coefficient (Wildman–Crippen LogP) is 1.47. The fraction of sp³-hybridized carbons (Fsp3) is 1.00. The van der Waals surface area contributed by atoms with Gasteiger partial charge in [0.15, 0.2) is 0 Å². The molecular weight excluding hydrogens is 218 g/mol. The van der Waals surface area contributed by atoms with Gasteiger partial charge in [-0.15, -0.1) is 0 Å². The van der Waals surface area contributed by atoms with Crippen LogP contribution in [0.5, 0.6) is 0 Å². The SMILES string of the molecule is CN(CCCBr)CC1CC(O)C1. The van der Waals surface area contributed by atoms with Gasteiger partial charge < -0.3 is 10.0 Å². The molecule has 0 aliphatic heterocycles. The normalized spacial score (nSPS) is 29.0. The van der Waals surface area contributed by atoms with Crippen LogP contribution in [-0.4, -0.2) is 41.6 Å². The van der Waals surface area contributed by atoms with Crippen molar-refractivity contribution in [1.82, 2.24) is 4.90 Å². The Morgan fingerprint density at radius 1 is 1.50 bits per heavy atom. The van der Waals surface area contributed by atoms with Gasteiger partial charge in [-0.1, -0.05) is 15.9 Å². The van der Waals surface area contributed by atoms with E-state index in [-0.39, 0.29) is 6.10 Å². The monoisotopic (exact) mass is 235 g/mol. The summed E-state index contributed by atoms with van der Waals surface area (Å²) in [5.74, 6) is 0.750. The number of hydrogen-bond acceptors (Lipinski definition) is 2. The van der Waals surface area contributed by atoms with Crippen LogP contribution in [0.4, 0.5) is 0 Å². The number of hydrogen-bond donors (Lipinski definition) is 1. The van der Waals surface area contributed by atoms with Crippen molar-refractivity contribution in [2.24, 2.45) is 5.92 Å². The third kappa shape index (κ3) is 3.42. The van der Waals surface area contributed by atoms with Crippen molar-refractivity contribution in [3.8, 4) is 0 Å². The molecule has 0 unspecified atom stereocenters. The Morgan fingerprint density at radius 2 is 2.17 bits per heavy atom. The summed E-state index contributed by atoms with van der Waals surface area (Å²) in [7, 11) is 2.16. The minimum absolute atomic E-state index is 0.000393. The van der Waals surface area contributed by atoms with Crippen LogP contribution in [0.25, 0.3) is 0 Å². The van der Waals surface area contributed by atoms with Gasteiger partial charge in [0.25, 0.3) is 0 Å². The lowest BCUT2D eigenvalue weighted by molar-refractivity contribution is 0.0284. The highest BCUT2D eigenvalue weighted by Crippen LogP contribution is 2.27. The van der Waals surface area contributed by atoms with Gasteiger partial charge in [0.2, 0.25) is 0 Å². The van der Waals surface area contributed by atoms with Gasteiger partial charge in [0.05, 0.1) is 6.10 Å². The zero-order valence-electron chi connectivity index (χ0n) is 7.67. The largest absolute Gasteiger partial charge is 0.393 e. The first-order valence-corrected chi connectivity index (χ1v) is 5.77. The highest BCUT2D eigenvalue weighted by molar-refractivity contribution is 9.09. The molecule has 72 valence electrons. The maximum atomic E-state index is 9.08. The molecule has 0 aromatic carbocycles. The van der Waals surface area contributed by atoms with Gasteiger partial charge in [0.1, 0.15) is 0 Å². The molecule has 12 heavy (non-hydrogen) atoms. The van der Waals surface area contributed by atoms with Gasteiger partial charge in [-0.3, -0.25) is 0 Å². The number of aliphatic hydroxyl groups is 1. The van der Waals surface area contributed by atoms with Crippen LogP contribution in [0.15, 0.2) is 0 Å². The maximum Gasteiger partial charge on any atom is 0.0546 e. The van der Waals surface area contributed by atoms with E-state index in [9.17, 15) is 0 Å². The molecular formula is C9H18BrNO. The van der Waals surface area contributed by atoms with E-state index in [4.69, 9.17) is 5.11 Å². The summed E-state index contributed by atoms with van der Waals surface area (Å²) in [5, 5.41) is 10.2. The smallest absolute Gasteiger partial charge is 0.0546 e. The van der Waals surface area contributed by atoms with Gasteiger partial charge >= 0.3 is 0 Å². The molecule has 0 atom stereocenters. The van der Waals surface area contributed by atoms with Gasteiger partial charge in [-0.05, 0) is 38.8 Å². The van der Waals surface area contributed by atoms with E-state index in [0.29, 0.717) is 0 Å². The summed E-state index contributed by atoms with van der Waals surface area (Å²) in [4.78, 5) is 2.36. The van der Waals surface area contributed by atoms with Gasteiger partial charge in [-0.2, -0.15) is 0 Å². The van der Waals surface area contributed by atoms with Crippen LogP contribution >= 0.6 is 15.9 Å². The minimum atomic E-state index is -0.000393. The fourth-order valence-electron chi connectivity index (χ4n) is 1.71. The third-order valence-electron chi connectivity index (χ3n) is 2.45. The molecule has 1 rings (SSSR count). The molecule has 1 fully saturated rings. The number of aliphatic hydroxyl groups excluding tert-OH is 1. The number of nitrogens with zero attached hydrogens (tertiary/aromatic N) is 1. The number of halogens is 1. The number of alkyl halides is 1. The van der Waals surface area contributed by atoms with Crippen LogP contribution in [0.3, 0.4) is 0 Å². The van der Waals surface area contributed by atoms with Crippen LogP contribution in [0.1, 0.15) is 19.3 Å². The van der Waals surface area contributed by atoms with Crippen LogP contribution < -0.4 is 0 Å². The van der Waals surface area contributed by atoms with E-state index in [2.05, 4.69) is 27.9 Å². The first-order valence-electron chi connectivity index (χ1n) is 4.65. The van der Waals surface area contributed by atoms with Crippen LogP contribution in [0.2, 0.25) is 0 Å². The zero-order chi connectivity index (χ0) is 8.97. The Balaban J connectivity index is 1.98. The second kappa shape index (κ2) is 5.20. The van der Waals surface area contributed by atoms with E-state index in [1.54, 1.807) is 0 Å². The second-order valence-corrected chi connectivity index (χ2v) is 4.59. The second-order valence-electron chi connectivity index (χ2n) is 3.80. The Bertz CT molecular complexity index is 126. The summed E-state index contributed by atoms with van der Waals surface area (Å²) < 4.78 is 0. The summed E-state index contributed by atoms with van der Waals surface area (Å²) in [6.07, 6.45) is 3.24. The fourth-order valence-corrected chi connectivity index (χ4v) is 1.96. The van der Waals surface area contributed by atoms with Gasteiger partial charge in [0, 0.05) is 11.9 Å². The quantitative estimate of drug-likeness (QED) is 0.731. The van der Waals surface area contributed by atoms with Crippen molar-refractivity contribution in [2.45, 2.75) is 25.4 Å². The molecule has 1 aliphatic rings. The third-order valence-corrected chi connectivity index (χ3v) is 3.01. The summed E-state index contributed by atoms with van der Waals surface area (Å²) in [6, 6.07) is 0. The molecule has 1 N–H and O–H groups in total. The highest BCUT2D eigenvalue weighted by atomic mass is 79.9. The average molecular weight is 236 g/mol. The van der Waals surface area contributed by atoms with Crippen molar-refractivity contribution in [3.05, 3.63) is 0 Å². The first-order chi connectivity index (χ1) is 5.72. The van der Waals surface area contributed by atoms with Gasteiger partial charge in [-0.25, -0.2) is 0 Å². The Morgan fingerprint density at radius 3 is 2.67 bits per heavy atom. The standard InChI is InChI=1S/C9H18BrNO/c1-11(4-2-3-10)7-8-5-9(12)6-8/h8-9,12H,2-7H2,1H3. The molecule has 0 heterocycles. The van der Waals surface area contributed by atoms with Crippen molar-refractivity contribution in [2.75, 3.05) is 25.5 Å². The Labute approximate surface area is 83.1 Å². The molecule has 1 saturated carbocycles. The lowest BCUT2D eigenvalue weighted by atomic mass is 9.82. The van der Waals surface area contributed by atoms with E-state index in [1.165, 1.54) is 6.42 Å². The average Bonchev–Trinajstić information content (AvgIpc) is 1.98. The minimum Gasteiger partial charge on any atom is -0.393 e. The molecule has 0 aromatic rings. The molecule has 0 aromatic heterocycles. The molecule has 2 nitrogen and oxygen atoms in total. The first kappa shape index (κ1) is 10.5. The predicted molar refractivity (Wildman–Crippen MR) is 54.6 cm³/mol. The van der Waals surface area contributed by atoms with Crippen molar-refractivity contribution in [3.63, 3.8) is 0 Å². The number of rotatable bonds is 5. The van der Waals surface area contributed by atoms with Crippen molar-refractivity contribution < 1.29 is 5.11 Å². The van der Waals surface area contributed by atoms with Crippen molar-refractivity contribution >= 4 is 15.9 Å². The zero-order valence-corrected chi connectivity index (χ0v) is 9.26. The molecule has 0 spiro atoms. The van der Waals surface area contributed by atoms with E-state index < -0.39 is 0 Å². The molecule has 3 heteroatoms. The summed E-state index contributed by atoms with van der Waals surface area (Å²) >= 11 is 3.42. The Kier molecular flexibility index (Phi) is 4.54. The molecule has 0 amide bonds. The molecule has 0 bridgehead atoms. The van der Waals surface area contributed by atoms with Crippen molar-refractivity contribution in [1.29, 1.82) is 0 Å². The summed E-state index contributed by atoms with van der Waals surface area (Å²) in [6.45, 7) is 2.32.